The molecule has 2 aromatic rings. The molecule has 0 radical (unpaired) electrons. The number of carbonyl (C=O) groups excluding carboxylic acids is 2. The number of hydrogen-bond donors (Lipinski definition) is 1. The molecule has 2 aromatic carbocycles. The van der Waals surface area contributed by atoms with Gasteiger partial charge in [0.25, 0.3) is 0 Å². The van der Waals surface area contributed by atoms with E-state index < -0.39 is 6.04 Å². The van der Waals surface area contributed by atoms with Crippen LogP contribution in [0.25, 0.3) is 0 Å². The van der Waals surface area contributed by atoms with Gasteiger partial charge in [-0.1, -0.05) is 35.9 Å². The Labute approximate surface area is 178 Å². The van der Waals surface area contributed by atoms with Gasteiger partial charge < -0.3 is 15.0 Å². The average molecular weight is 417 g/mol. The maximum atomic E-state index is 12.9. The molecule has 0 aromatic heterocycles. The van der Waals surface area contributed by atoms with E-state index in [1.165, 1.54) is 0 Å². The molecule has 0 saturated heterocycles. The quantitative estimate of drug-likeness (QED) is 0.585. The van der Waals surface area contributed by atoms with Crippen LogP contribution in [0.2, 0.25) is 5.02 Å². The Balaban J connectivity index is 1.98. The molecule has 0 fully saturated rings. The van der Waals surface area contributed by atoms with E-state index in [1.807, 2.05) is 38.1 Å². The first-order valence-corrected chi connectivity index (χ1v) is 10.3. The van der Waals surface area contributed by atoms with Gasteiger partial charge in [0.15, 0.2) is 0 Å². The summed E-state index contributed by atoms with van der Waals surface area (Å²) in [5.74, 6) is 0.507. The second-order valence-electron chi connectivity index (χ2n) is 6.92. The lowest BCUT2D eigenvalue weighted by Gasteiger charge is -2.29. The van der Waals surface area contributed by atoms with Crippen molar-refractivity contribution in [2.75, 3.05) is 13.2 Å². The van der Waals surface area contributed by atoms with Crippen molar-refractivity contribution in [2.24, 2.45) is 0 Å². The number of ether oxygens (including phenoxy) is 1. The topological polar surface area (TPSA) is 58.6 Å². The summed E-state index contributed by atoms with van der Waals surface area (Å²) in [5.41, 5.74) is 2.13. The second-order valence-corrected chi connectivity index (χ2v) is 7.36. The zero-order chi connectivity index (χ0) is 21.2. The highest BCUT2D eigenvalue weighted by Gasteiger charge is 2.25. The fourth-order valence-electron chi connectivity index (χ4n) is 2.96. The SMILES string of the molecule is CCNC(=O)C(C)N(Cc1ccccc1C)C(=O)CCCOc1ccc(Cl)cc1. The van der Waals surface area contributed by atoms with E-state index in [1.54, 1.807) is 36.1 Å². The Morgan fingerprint density at radius 2 is 1.83 bits per heavy atom. The summed E-state index contributed by atoms with van der Waals surface area (Å²) in [6.07, 6.45) is 0.872. The number of nitrogens with zero attached hydrogens (tertiary/aromatic N) is 1. The minimum atomic E-state index is -0.542. The summed E-state index contributed by atoms with van der Waals surface area (Å²) in [7, 11) is 0. The van der Waals surface area contributed by atoms with Crippen molar-refractivity contribution in [1.82, 2.24) is 10.2 Å². The molecule has 1 N–H and O–H groups in total. The molecular weight excluding hydrogens is 388 g/mol. The van der Waals surface area contributed by atoms with Crippen LogP contribution in [0.15, 0.2) is 48.5 Å². The van der Waals surface area contributed by atoms with E-state index >= 15 is 0 Å². The maximum absolute atomic E-state index is 12.9. The Kier molecular flexibility index (Phi) is 9.00. The van der Waals surface area contributed by atoms with Gasteiger partial charge in [-0.3, -0.25) is 9.59 Å². The van der Waals surface area contributed by atoms with E-state index in [2.05, 4.69) is 5.32 Å². The highest BCUT2D eigenvalue weighted by Crippen LogP contribution is 2.17. The van der Waals surface area contributed by atoms with Crippen LogP contribution in [-0.2, 0) is 16.1 Å². The molecular formula is C23H29ClN2O3. The maximum Gasteiger partial charge on any atom is 0.242 e. The summed E-state index contributed by atoms with van der Waals surface area (Å²) in [4.78, 5) is 27.0. The lowest BCUT2D eigenvalue weighted by molar-refractivity contribution is -0.140. The molecule has 156 valence electrons. The minimum Gasteiger partial charge on any atom is -0.494 e. The molecule has 0 saturated carbocycles. The highest BCUT2D eigenvalue weighted by atomic mass is 35.5. The van der Waals surface area contributed by atoms with Gasteiger partial charge in [-0.15, -0.1) is 0 Å². The van der Waals surface area contributed by atoms with Crippen LogP contribution in [0.4, 0.5) is 0 Å². The third kappa shape index (κ3) is 7.09. The normalized spacial score (nSPS) is 11.6. The van der Waals surface area contributed by atoms with Gasteiger partial charge in [0.05, 0.1) is 6.61 Å². The number of aryl methyl sites for hydroxylation is 1. The van der Waals surface area contributed by atoms with Crippen LogP contribution >= 0.6 is 11.6 Å². The molecule has 0 spiro atoms. The van der Waals surface area contributed by atoms with Crippen LogP contribution in [0.5, 0.6) is 5.75 Å². The molecule has 0 aliphatic rings. The Morgan fingerprint density at radius 1 is 1.14 bits per heavy atom. The first-order valence-electron chi connectivity index (χ1n) is 9.92. The molecule has 2 rings (SSSR count). The number of likely N-dealkylation sites (N-methyl/N-ethyl adjacent to an activating group) is 1. The molecule has 1 unspecified atom stereocenters. The number of nitrogens with one attached hydrogen (secondary N) is 1. The average Bonchev–Trinajstić information content (AvgIpc) is 2.71. The Bertz CT molecular complexity index is 808. The number of benzene rings is 2. The fourth-order valence-corrected chi connectivity index (χ4v) is 3.09. The van der Waals surface area contributed by atoms with Crippen LogP contribution in [0.3, 0.4) is 0 Å². The molecule has 0 heterocycles. The van der Waals surface area contributed by atoms with Crippen molar-refractivity contribution in [1.29, 1.82) is 0 Å². The van der Waals surface area contributed by atoms with Crippen LogP contribution in [0.1, 0.15) is 37.8 Å². The molecule has 0 aliphatic carbocycles. The third-order valence-electron chi connectivity index (χ3n) is 4.74. The van der Waals surface area contributed by atoms with Crippen molar-refractivity contribution in [3.8, 4) is 5.75 Å². The molecule has 29 heavy (non-hydrogen) atoms. The van der Waals surface area contributed by atoms with Crippen molar-refractivity contribution in [2.45, 2.75) is 46.2 Å². The monoisotopic (exact) mass is 416 g/mol. The highest BCUT2D eigenvalue weighted by molar-refractivity contribution is 6.30. The molecule has 0 aliphatic heterocycles. The zero-order valence-corrected chi connectivity index (χ0v) is 18.0. The molecule has 1 atom stereocenters. The van der Waals surface area contributed by atoms with Gasteiger partial charge in [0.2, 0.25) is 11.8 Å². The van der Waals surface area contributed by atoms with Crippen molar-refractivity contribution >= 4 is 23.4 Å². The number of halogens is 1. The summed E-state index contributed by atoms with van der Waals surface area (Å²) in [6.45, 7) is 7.00. The summed E-state index contributed by atoms with van der Waals surface area (Å²) < 4.78 is 5.67. The Morgan fingerprint density at radius 3 is 2.48 bits per heavy atom. The van der Waals surface area contributed by atoms with E-state index in [0.717, 1.165) is 11.1 Å². The lowest BCUT2D eigenvalue weighted by Crippen LogP contribution is -2.47. The van der Waals surface area contributed by atoms with Crippen molar-refractivity contribution < 1.29 is 14.3 Å². The van der Waals surface area contributed by atoms with E-state index in [9.17, 15) is 9.59 Å². The van der Waals surface area contributed by atoms with Crippen LogP contribution in [0, 0.1) is 6.92 Å². The first kappa shape index (κ1) is 22.8. The molecule has 2 amide bonds. The van der Waals surface area contributed by atoms with E-state index in [0.29, 0.717) is 43.3 Å². The van der Waals surface area contributed by atoms with Gasteiger partial charge >= 0.3 is 0 Å². The van der Waals surface area contributed by atoms with Gasteiger partial charge in [-0.05, 0) is 62.6 Å². The standard InChI is InChI=1S/C23H29ClN2O3/c1-4-25-23(28)18(3)26(16-19-9-6-5-8-17(19)2)22(27)10-7-15-29-21-13-11-20(24)12-14-21/h5-6,8-9,11-14,18H,4,7,10,15-16H2,1-3H3,(H,25,28). The zero-order valence-electron chi connectivity index (χ0n) is 17.3. The van der Waals surface area contributed by atoms with Crippen LogP contribution in [-0.4, -0.2) is 35.9 Å². The van der Waals surface area contributed by atoms with E-state index in [-0.39, 0.29) is 11.8 Å². The van der Waals surface area contributed by atoms with Crippen molar-refractivity contribution in [3.05, 3.63) is 64.7 Å². The summed E-state index contributed by atoms with van der Waals surface area (Å²) in [6, 6.07) is 14.5. The predicted octanol–water partition coefficient (Wildman–Crippen LogP) is 4.36. The summed E-state index contributed by atoms with van der Waals surface area (Å²) >= 11 is 5.87. The third-order valence-corrected chi connectivity index (χ3v) is 4.99. The Hall–Kier alpha value is -2.53. The number of carbonyl (C=O) groups is 2. The first-order chi connectivity index (χ1) is 13.9. The number of amides is 2. The molecule has 0 bridgehead atoms. The van der Waals surface area contributed by atoms with Gasteiger partial charge in [-0.2, -0.15) is 0 Å². The van der Waals surface area contributed by atoms with Crippen LogP contribution < -0.4 is 10.1 Å². The van der Waals surface area contributed by atoms with Gasteiger partial charge in [-0.25, -0.2) is 0 Å². The van der Waals surface area contributed by atoms with Gasteiger partial charge in [0, 0.05) is 24.5 Å². The van der Waals surface area contributed by atoms with Crippen molar-refractivity contribution in [3.63, 3.8) is 0 Å². The lowest BCUT2D eigenvalue weighted by atomic mass is 10.1. The fraction of sp³-hybridized carbons (Fsp3) is 0.391. The second kappa shape index (κ2) is 11.5. The summed E-state index contributed by atoms with van der Waals surface area (Å²) in [5, 5.41) is 3.46. The number of hydrogen-bond acceptors (Lipinski definition) is 3. The van der Waals surface area contributed by atoms with E-state index in [4.69, 9.17) is 16.3 Å². The molecule has 6 heteroatoms. The number of rotatable bonds is 10. The predicted molar refractivity (Wildman–Crippen MR) is 116 cm³/mol. The molecule has 5 nitrogen and oxygen atoms in total. The smallest absolute Gasteiger partial charge is 0.242 e. The largest absolute Gasteiger partial charge is 0.494 e. The van der Waals surface area contributed by atoms with Gasteiger partial charge in [0.1, 0.15) is 11.8 Å². The minimum absolute atomic E-state index is 0.0632.